The first-order valence-electron chi connectivity index (χ1n) is 2.61. The monoisotopic (exact) mass is 139 g/mol. The minimum atomic E-state index is 0.347. The Morgan fingerprint density at radius 1 is 1.56 bits per heavy atom. The fraction of sp³-hybridized carbons (Fsp3) is 0. The highest BCUT2D eigenvalue weighted by Gasteiger charge is 1.99. The van der Waals surface area contributed by atoms with Crippen molar-refractivity contribution in [3.05, 3.63) is 17.6 Å². The molecule has 2 rings (SSSR count). The van der Waals surface area contributed by atoms with E-state index in [1.54, 1.807) is 6.20 Å². The lowest BCUT2D eigenvalue weighted by Crippen LogP contribution is -1.49. The summed E-state index contributed by atoms with van der Waals surface area (Å²) in [4.78, 5) is 2.93. The van der Waals surface area contributed by atoms with E-state index < -0.39 is 0 Å². The molecule has 0 atom stereocenters. The predicted octanol–water partition coefficient (Wildman–Crippen LogP) is 1.93. The standard InChI is InChI=1S/C6H5NOS/c8-5-3-7-4-1-2-9-6(4)5/h1-3,7-8H. The molecule has 0 unspecified atom stereocenters. The van der Waals surface area contributed by atoms with Gasteiger partial charge in [-0.1, -0.05) is 0 Å². The zero-order chi connectivity index (χ0) is 6.27. The number of thiophene rings is 1. The Hall–Kier alpha value is -0.960. The number of rotatable bonds is 0. The molecule has 46 valence electrons. The lowest BCUT2D eigenvalue weighted by atomic mass is 10.5. The summed E-state index contributed by atoms with van der Waals surface area (Å²) < 4.78 is 0.940. The van der Waals surface area contributed by atoms with Gasteiger partial charge in [-0.2, -0.15) is 0 Å². The van der Waals surface area contributed by atoms with Gasteiger partial charge in [0.2, 0.25) is 0 Å². The summed E-state index contributed by atoms with van der Waals surface area (Å²) >= 11 is 1.54. The van der Waals surface area contributed by atoms with Crippen LogP contribution in [0.5, 0.6) is 5.75 Å². The number of H-pyrrole nitrogens is 1. The van der Waals surface area contributed by atoms with E-state index in [-0.39, 0.29) is 0 Å². The van der Waals surface area contributed by atoms with Crippen LogP contribution in [0.2, 0.25) is 0 Å². The van der Waals surface area contributed by atoms with E-state index in [4.69, 9.17) is 5.11 Å². The van der Waals surface area contributed by atoms with Crippen molar-refractivity contribution in [1.82, 2.24) is 4.98 Å². The van der Waals surface area contributed by atoms with E-state index in [0.29, 0.717) is 5.75 Å². The Morgan fingerprint density at radius 2 is 2.44 bits per heavy atom. The quantitative estimate of drug-likeness (QED) is 0.574. The summed E-state index contributed by atoms with van der Waals surface area (Å²) in [5.74, 6) is 0.347. The third kappa shape index (κ3) is 0.549. The molecule has 2 heterocycles. The van der Waals surface area contributed by atoms with Crippen LogP contribution in [0, 0.1) is 0 Å². The van der Waals surface area contributed by atoms with E-state index in [1.807, 2.05) is 11.4 Å². The number of aromatic nitrogens is 1. The summed E-state index contributed by atoms with van der Waals surface area (Å²) in [6.45, 7) is 0. The van der Waals surface area contributed by atoms with E-state index in [0.717, 1.165) is 10.2 Å². The van der Waals surface area contributed by atoms with Gasteiger partial charge in [-0.25, -0.2) is 0 Å². The molecule has 0 aliphatic rings. The maximum Gasteiger partial charge on any atom is 0.150 e. The van der Waals surface area contributed by atoms with Crippen molar-refractivity contribution >= 4 is 21.6 Å². The minimum absolute atomic E-state index is 0.347. The summed E-state index contributed by atoms with van der Waals surface area (Å²) in [6, 6.07) is 1.94. The maximum atomic E-state index is 9.08. The fourth-order valence-corrected chi connectivity index (χ4v) is 1.61. The minimum Gasteiger partial charge on any atom is -0.505 e. The number of hydrogen-bond acceptors (Lipinski definition) is 2. The van der Waals surface area contributed by atoms with Gasteiger partial charge < -0.3 is 10.1 Å². The van der Waals surface area contributed by atoms with Crippen molar-refractivity contribution < 1.29 is 5.11 Å². The number of aromatic hydroxyl groups is 1. The van der Waals surface area contributed by atoms with Crippen LogP contribution in [-0.4, -0.2) is 10.1 Å². The highest BCUT2D eigenvalue weighted by Crippen LogP contribution is 2.28. The molecule has 0 saturated heterocycles. The Morgan fingerprint density at radius 3 is 3.22 bits per heavy atom. The van der Waals surface area contributed by atoms with Gasteiger partial charge in [0.15, 0.2) is 5.75 Å². The van der Waals surface area contributed by atoms with Gasteiger partial charge in [0.1, 0.15) is 0 Å². The Bertz CT molecular complexity index is 322. The van der Waals surface area contributed by atoms with Gasteiger partial charge in [-0.15, -0.1) is 11.3 Å². The molecule has 0 spiro atoms. The van der Waals surface area contributed by atoms with Crippen LogP contribution < -0.4 is 0 Å². The van der Waals surface area contributed by atoms with E-state index >= 15 is 0 Å². The van der Waals surface area contributed by atoms with Crippen molar-refractivity contribution in [1.29, 1.82) is 0 Å². The van der Waals surface area contributed by atoms with Crippen molar-refractivity contribution in [2.45, 2.75) is 0 Å². The van der Waals surface area contributed by atoms with Gasteiger partial charge in [0.05, 0.1) is 10.2 Å². The van der Waals surface area contributed by atoms with Gasteiger partial charge in [-0.3, -0.25) is 0 Å². The van der Waals surface area contributed by atoms with Gasteiger partial charge in [0, 0.05) is 6.20 Å². The first-order valence-corrected chi connectivity index (χ1v) is 3.49. The molecule has 2 aromatic heterocycles. The Kier molecular flexibility index (Phi) is 0.818. The molecular formula is C6H5NOS. The van der Waals surface area contributed by atoms with Crippen LogP contribution in [0.15, 0.2) is 17.6 Å². The SMILES string of the molecule is Oc1c[nH]c2ccsc12. The summed E-state index contributed by atoms with van der Waals surface area (Å²) in [7, 11) is 0. The second kappa shape index (κ2) is 1.51. The maximum absolute atomic E-state index is 9.08. The number of nitrogens with one attached hydrogen (secondary N) is 1. The molecule has 0 amide bonds. The van der Waals surface area contributed by atoms with E-state index in [2.05, 4.69) is 4.98 Å². The third-order valence-corrected chi connectivity index (χ3v) is 2.20. The fourth-order valence-electron chi connectivity index (χ4n) is 0.833. The number of fused-ring (bicyclic) bond motifs is 1. The topological polar surface area (TPSA) is 36.0 Å². The van der Waals surface area contributed by atoms with Crippen molar-refractivity contribution in [3.8, 4) is 5.75 Å². The third-order valence-electron chi connectivity index (χ3n) is 1.26. The van der Waals surface area contributed by atoms with E-state index in [1.165, 1.54) is 11.3 Å². The predicted molar refractivity (Wildman–Crippen MR) is 37.8 cm³/mol. The molecule has 2 N–H and O–H groups in total. The molecule has 0 aliphatic heterocycles. The lowest BCUT2D eigenvalue weighted by molar-refractivity contribution is 0.482. The molecule has 0 fully saturated rings. The second-order valence-corrected chi connectivity index (χ2v) is 2.75. The van der Waals surface area contributed by atoms with Gasteiger partial charge in [0.25, 0.3) is 0 Å². The molecule has 0 saturated carbocycles. The molecule has 2 aromatic rings. The van der Waals surface area contributed by atoms with Crippen molar-refractivity contribution in [2.75, 3.05) is 0 Å². The van der Waals surface area contributed by atoms with Gasteiger partial charge in [-0.05, 0) is 11.4 Å². The average Bonchev–Trinajstić information content (AvgIpc) is 2.35. The van der Waals surface area contributed by atoms with Crippen LogP contribution >= 0.6 is 11.3 Å². The molecule has 0 radical (unpaired) electrons. The molecule has 0 aliphatic carbocycles. The summed E-state index contributed by atoms with van der Waals surface area (Å²) in [6.07, 6.45) is 1.60. The van der Waals surface area contributed by atoms with Crippen LogP contribution in [-0.2, 0) is 0 Å². The molecule has 0 bridgehead atoms. The van der Waals surface area contributed by atoms with Crippen molar-refractivity contribution in [2.24, 2.45) is 0 Å². The van der Waals surface area contributed by atoms with Crippen molar-refractivity contribution in [3.63, 3.8) is 0 Å². The highest BCUT2D eigenvalue weighted by atomic mass is 32.1. The Balaban J connectivity index is 2.99. The normalized spacial score (nSPS) is 10.7. The van der Waals surface area contributed by atoms with Gasteiger partial charge >= 0.3 is 0 Å². The first kappa shape index (κ1) is 4.88. The number of hydrogen-bond donors (Lipinski definition) is 2. The zero-order valence-corrected chi connectivity index (χ0v) is 5.40. The smallest absolute Gasteiger partial charge is 0.150 e. The molecule has 0 aromatic carbocycles. The van der Waals surface area contributed by atoms with Crippen LogP contribution in [0.25, 0.3) is 10.2 Å². The Labute approximate surface area is 55.8 Å². The van der Waals surface area contributed by atoms with E-state index in [9.17, 15) is 0 Å². The zero-order valence-electron chi connectivity index (χ0n) is 4.59. The average molecular weight is 139 g/mol. The van der Waals surface area contributed by atoms with Crippen LogP contribution in [0.3, 0.4) is 0 Å². The van der Waals surface area contributed by atoms with Crippen LogP contribution in [0.1, 0.15) is 0 Å². The second-order valence-electron chi connectivity index (χ2n) is 1.84. The number of aromatic amines is 1. The summed E-state index contributed by atoms with van der Waals surface area (Å²) in [5, 5.41) is 11.0. The molecule has 2 nitrogen and oxygen atoms in total. The molecule has 9 heavy (non-hydrogen) atoms. The lowest BCUT2D eigenvalue weighted by Gasteiger charge is -1.75. The molecule has 3 heteroatoms. The largest absolute Gasteiger partial charge is 0.505 e. The molecular weight excluding hydrogens is 134 g/mol. The first-order chi connectivity index (χ1) is 4.38. The van der Waals surface area contributed by atoms with Crippen LogP contribution in [0.4, 0.5) is 0 Å². The highest BCUT2D eigenvalue weighted by molar-refractivity contribution is 7.17. The summed E-state index contributed by atoms with van der Waals surface area (Å²) in [5.41, 5.74) is 1.01.